The van der Waals surface area contributed by atoms with Crippen LogP contribution in [0, 0.1) is 0 Å². The molecular weight excluding hydrogens is 291 g/mol. The van der Waals surface area contributed by atoms with Gasteiger partial charge in [-0.15, -0.1) is 11.3 Å². The van der Waals surface area contributed by atoms with Crippen LogP contribution in [0.4, 0.5) is 13.2 Å². The fourth-order valence-corrected chi connectivity index (χ4v) is 3.08. The van der Waals surface area contributed by atoms with Gasteiger partial charge >= 0.3 is 6.18 Å². The van der Waals surface area contributed by atoms with E-state index in [9.17, 15) is 18.3 Å². The summed E-state index contributed by atoms with van der Waals surface area (Å²) in [7, 11) is 3.97. The zero-order valence-electron chi connectivity index (χ0n) is 11.4. The SMILES string of the molecule is CN1CCN(C)C(CC(O)c2cnc(C(F)(F)F)s2)C1. The van der Waals surface area contributed by atoms with E-state index in [1.54, 1.807) is 0 Å². The van der Waals surface area contributed by atoms with Crippen molar-refractivity contribution in [3.8, 4) is 0 Å². The average molecular weight is 309 g/mol. The van der Waals surface area contributed by atoms with Gasteiger partial charge in [-0.1, -0.05) is 0 Å². The number of aliphatic hydroxyl groups excluding tert-OH is 1. The number of halogens is 3. The lowest BCUT2D eigenvalue weighted by Crippen LogP contribution is -2.50. The number of likely N-dealkylation sites (N-methyl/N-ethyl adjacent to an activating group) is 2. The summed E-state index contributed by atoms with van der Waals surface area (Å²) in [6, 6.07) is 0.139. The third-order valence-electron chi connectivity index (χ3n) is 3.57. The van der Waals surface area contributed by atoms with Gasteiger partial charge in [0.1, 0.15) is 0 Å². The number of nitrogens with zero attached hydrogens (tertiary/aromatic N) is 3. The van der Waals surface area contributed by atoms with Crippen LogP contribution in [0.25, 0.3) is 0 Å². The minimum absolute atomic E-state index is 0.139. The lowest BCUT2D eigenvalue weighted by Gasteiger charge is -2.38. The Labute approximate surface area is 119 Å². The average Bonchev–Trinajstić information content (AvgIpc) is 2.83. The van der Waals surface area contributed by atoms with Gasteiger partial charge in [-0.05, 0) is 20.5 Å². The minimum Gasteiger partial charge on any atom is -0.387 e. The van der Waals surface area contributed by atoms with E-state index in [0.29, 0.717) is 17.8 Å². The number of aromatic nitrogens is 1. The van der Waals surface area contributed by atoms with Crippen LogP contribution >= 0.6 is 11.3 Å². The highest BCUT2D eigenvalue weighted by Gasteiger charge is 2.35. The van der Waals surface area contributed by atoms with E-state index in [4.69, 9.17) is 0 Å². The highest BCUT2D eigenvalue weighted by atomic mass is 32.1. The number of aliphatic hydroxyl groups is 1. The maximum Gasteiger partial charge on any atom is 0.443 e. The van der Waals surface area contributed by atoms with E-state index in [1.807, 2.05) is 14.1 Å². The molecule has 1 aliphatic heterocycles. The van der Waals surface area contributed by atoms with Crippen LogP contribution in [0.5, 0.6) is 0 Å². The molecule has 0 spiro atoms. The van der Waals surface area contributed by atoms with Crippen molar-refractivity contribution >= 4 is 11.3 Å². The van der Waals surface area contributed by atoms with Gasteiger partial charge < -0.3 is 14.9 Å². The summed E-state index contributed by atoms with van der Waals surface area (Å²) in [5.74, 6) is 0. The van der Waals surface area contributed by atoms with Crippen molar-refractivity contribution in [2.24, 2.45) is 0 Å². The van der Waals surface area contributed by atoms with Gasteiger partial charge in [-0.2, -0.15) is 13.2 Å². The van der Waals surface area contributed by atoms with E-state index in [-0.39, 0.29) is 10.9 Å². The van der Waals surface area contributed by atoms with Crippen LogP contribution in [-0.4, -0.2) is 59.7 Å². The van der Waals surface area contributed by atoms with Gasteiger partial charge in [0.25, 0.3) is 0 Å². The minimum atomic E-state index is -4.44. The van der Waals surface area contributed by atoms with Gasteiger partial charge in [0.2, 0.25) is 0 Å². The second-order valence-electron chi connectivity index (χ2n) is 5.21. The molecule has 2 heterocycles. The van der Waals surface area contributed by atoms with E-state index >= 15 is 0 Å². The Morgan fingerprint density at radius 3 is 2.75 bits per heavy atom. The number of thiazole rings is 1. The molecule has 0 saturated carbocycles. The Kier molecular flexibility index (Phi) is 4.68. The predicted octanol–water partition coefficient (Wildman–Crippen LogP) is 1.83. The second kappa shape index (κ2) is 5.97. The summed E-state index contributed by atoms with van der Waals surface area (Å²) >= 11 is 0.520. The quantitative estimate of drug-likeness (QED) is 0.925. The summed E-state index contributed by atoms with van der Waals surface area (Å²) in [4.78, 5) is 7.91. The van der Waals surface area contributed by atoms with Crippen molar-refractivity contribution in [3.63, 3.8) is 0 Å². The Hall–Kier alpha value is -0.700. The molecule has 1 saturated heterocycles. The molecule has 0 amide bonds. The van der Waals surface area contributed by atoms with Crippen molar-refractivity contribution < 1.29 is 18.3 Å². The number of alkyl halides is 3. The molecule has 0 radical (unpaired) electrons. The monoisotopic (exact) mass is 309 g/mol. The first-order chi connectivity index (χ1) is 9.27. The normalized spacial score (nSPS) is 24.0. The molecule has 2 rings (SSSR count). The fraction of sp³-hybridized carbons (Fsp3) is 0.750. The first-order valence-electron chi connectivity index (χ1n) is 6.37. The lowest BCUT2D eigenvalue weighted by atomic mass is 10.0. The van der Waals surface area contributed by atoms with Gasteiger partial charge in [0, 0.05) is 31.9 Å². The van der Waals surface area contributed by atoms with E-state index < -0.39 is 17.3 Å². The summed E-state index contributed by atoms with van der Waals surface area (Å²) in [5.41, 5.74) is 0. The third-order valence-corrected chi connectivity index (χ3v) is 4.71. The van der Waals surface area contributed by atoms with E-state index in [2.05, 4.69) is 14.8 Å². The van der Waals surface area contributed by atoms with Crippen molar-refractivity contribution in [1.29, 1.82) is 0 Å². The molecule has 1 aromatic rings. The number of piperazine rings is 1. The highest BCUT2D eigenvalue weighted by Crippen LogP contribution is 2.35. The van der Waals surface area contributed by atoms with E-state index in [1.165, 1.54) is 0 Å². The summed E-state index contributed by atoms with van der Waals surface area (Å²) < 4.78 is 37.5. The molecule has 1 N–H and O–H groups in total. The van der Waals surface area contributed by atoms with Crippen LogP contribution in [0.1, 0.15) is 22.4 Å². The van der Waals surface area contributed by atoms with Gasteiger partial charge in [-0.25, -0.2) is 4.98 Å². The highest BCUT2D eigenvalue weighted by molar-refractivity contribution is 7.11. The largest absolute Gasteiger partial charge is 0.443 e. The molecule has 1 fully saturated rings. The van der Waals surface area contributed by atoms with Crippen LogP contribution < -0.4 is 0 Å². The summed E-state index contributed by atoms with van der Waals surface area (Å²) in [6.07, 6.45) is -3.79. The standard InChI is InChI=1S/C12H18F3N3OS/c1-17-3-4-18(2)8(7-17)5-9(19)10-6-16-11(20-10)12(13,14)15/h6,8-9,19H,3-5,7H2,1-2H3. The fourth-order valence-electron chi connectivity index (χ4n) is 2.30. The summed E-state index contributed by atoms with van der Waals surface area (Å²) in [5, 5.41) is 9.21. The van der Waals surface area contributed by atoms with Gasteiger partial charge in [-0.3, -0.25) is 0 Å². The molecular formula is C12H18F3N3OS. The number of hydrogen-bond acceptors (Lipinski definition) is 5. The van der Waals surface area contributed by atoms with Gasteiger partial charge in [0.05, 0.1) is 11.0 Å². The molecule has 1 aliphatic rings. The molecule has 114 valence electrons. The van der Waals surface area contributed by atoms with Crippen LogP contribution in [0.3, 0.4) is 0 Å². The number of hydrogen-bond donors (Lipinski definition) is 1. The van der Waals surface area contributed by atoms with Crippen molar-refractivity contribution in [2.75, 3.05) is 33.7 Å². The molecule has 2 unspecified atom stereocenters. The smallest absolute Gasteiger partial charge is 0.387 e. The van der Waals surface area contributed by atoms with Crippen molar-refractivity contribution in [3.05, 3.63) is 16.1 Å². The molecule has 4 nitrogen and oxygen atoms in total. The molecule has 1 aromatic heterocycles. The third kappa shape index (κ3) is 3.69. The maximum atomic E-state index is 12.5. The van der Waals surface area contributed by atoms with Crippen LogP contribution in [0.2, 0.25) is 0 Å². The molecule has 20 heavy (non-hydrogen) atoms. The second-order valence-corrected chi connectivity index (χ2v) is 6.28. The molecule has 2 atom stereocenters. The first kappa shape index (κ1) is 15.7. The van der Waals surface area contributed by atoms with Crippen molar-refractivity contribution in [1.82, 2.24) is 14.8 Å². The predicted molar refractivity (Wildman–Crippen MR) is 70.6 cm³/mol. The van der Waals surface area contributed by atoms with E-state index in [0.717, 1.165) is 25.8 Å². The lowest BCUT2D eigenvalue weighted by molar-refractivity contribution is -0.137. The Balaban J connectivity index is 2.00. The van der Waals surface area contributed by atoms with Crippen LogP contribution in [-0.2, 0) is 6.18 Å². The maximum absolute atomic E-state index is 12.5. The van der Waals surface area contributed by atoms with Gasteiger partial charge in [0.15, 0.2) is 5.01 Å². The molecule has 0 aliphatic carbocycles. The Bertz CT molecular complexity index is 451. The Morgan fingerprint density at radius 2 is 2.15 bits per heavy atom. The molecule has 8 heteroatoms. The zero-order chi connectivity index (χ0) is 14.9. The number of rotatable bonds is 3. The molecule has 0 bridgehead atoms. The first-order valence-corrected chi connectivity index (χ1v) is 7.19. The van der Waals surface area contributed by atoms with Crippen LogP contribution in [0.15, 0.2) is 6.20 Å². The topological polar surface area (TPSA) is 39.6 Å². The molecule has 0 aromatic carbocycles. The van der Waals surface area contributed by atoms with Crippen molar-refractivity contribution in [2.45, 2.75) is 24.7 Å². The summed E-state index contributed by atoms with van der Waals surface area (Å²) in [6.45, 7) is 2.66. The Morgan fingerprint density at radius 1 is 1.45 bits per heavy atom. The zero-order valence-corrected chi connectivity index (χ0v) is 12.2.